The first-order chi connectivity index (χ1) is 8.08. The van der Waals surface area contributed by atoms with E-state index >= 15 is 0 Å². The van der Waals surface area contributed by atoms with Crippen LogP contribution < -0.4 is 5.32 Å². The quantitative estimate of drug-likeness (QED) is 0.875. The maximum atomic E-state index is 5.60. The van der Waals surface area contributed by atoms with Crippen LogP contribution in [0.4, 0.5) is 0 Å². The Bertz CT molecular complexity index is 343. The second-order valence-electron chi connectivity index (χ2n) is 5.54. The maximum Gasteiger partial charge on any atom is 0.208 e. The van der Waals surface area contributed by atoms with E-state index in [1.54, 1.807) is 0 Å². The summed E-state index contributed by atoms with van der Waals surface area (Å²) in [5.41, 5.74) is 1.01. The van der Waals surface area contributed by atoms with Crippen LogP contribution in [-0.2, 0) is 6.54 Å². The molecule has 0 aromatic carbocycles. The monoisotopic (exact) mass is 236 g/mol. The van der Waals surface area contributed by atoms with Gasteiger partial charge in [0.05, 0.1) is 12.2 Å². The molecule has 0 saturated heterocycles. The molecule has 1 N–H and O–H groups in total. The van der Waals surface area contributed by atoms with E-state index in [9.17, 15) is 0 Å². The van der Waals surface area contributed by atoms with E-state index in [1.165, 1.54) is 19.3 Å². The lowest BCUT2D eigenvalue weighted by molar-refractivity contribution is 0.203. The molecule has 1 aromatic heterocycles. The number of aryl methyl sites for hydroxylation is 2. The minimum absolute atomic E-state index is 0.608. The van der Waals surface area contributed by atoms with E-state index in [0.717, 1.165) is 35.7 Å². The summed E-state index contributed by atoms with van der Waals surface area (Å²) in [5.74, 6) is 3.28. The molecule has 0 radical (unpaired) electrons. The average molecular weight is 236 g/mol. The molecule has 2 rings (SSSR count). The molecule has 0 bridgehead atoms. The van der Waals surface area contributed by atoms with Crippen LogP contribution >= 0.6 is 0 Å². The summed E-state index contributed by atoms with van der Waals surface area (Å²) in [6.45, 7) is 9.42. The molecule has 0 spiro atoms. The summed E-state index contributed by atoms with van der Waals surface area (Å²) >= 11 is 0. The van der Waals surface area contributed by atoms with E-state index in [1.807, 2.05) is 13.8 Å². The maximum absolute atomic E-state index is 5.60. The Labute approximate surface area is 104 Å². The van der Waals surface area contributed by atoms with Gasteiger partial charge in [-0.1, -0.05) is 20.3 Å². The van der Waals surface area contributed by atoms with Crippen LogP contribution in [0.2, 0.25) is 0 Å². The fraction of sp³-hybridized carbons (Fsp3) is 0.786. The minimum Gasteiger partial charge on any atom is -0.444 e. The lowest BCUT2D eigenvalue weighted by Gasteiger charge is -2.35. The number of aromatic nitrogens is 1. The zero-order chi connectivity index (χ0) is 12.4. The van der Waals surface area contributed by atoms with Gasteiger partial charge in [0.25, 0.3) is 0 Å². The first-order valence-corrected chi connectivity index (χ1v) is 6.74. The van der Waals surface area contributed by atoms with Crippen LogP contribution in [0, 0.1) is 25.7 Å². The van der Waals surface area contributed by atoms with Crippen molar-refractivity contribution in [3.63, 3.8) is 0 Å². The average Bonchev–Trinajstić information content (AvgIpc) is 2.58. The Balaban J connectivity index is 1.92. The van der Waals surface area contributed by atoms with Gasteiger partial charge in [0.2, 0.25) is 5.89 Å². The highest BCUT2D eigenvalue weighted by Crippen LogP contribution is 2.29. The Hall–Kier alpha value is -0.830. The van der Waals surface area contributed by atoms with Crippen molar-refractivity contribution in [3.05, 3.63) is 17.3 Å². The van der Waals surface area contributed by atoms with Gasteiger partial charge in [0.1, 0.15) is 5.76 Å². The molecule has 1 saturated carbocycles. The third-order valence-electron chi connectivity index (χ3n) is 4.11. The van der Waals surface area contributed by atoms with Gasteiger partial charge in [-0.05, 0) is 38.5 Å². The van der Waals surface area contributed by atoms with E-state index in [2.05, 4.69) is 24.1 Å². The minimum atomic E-state index is 0.608. The van der Waals surface area contributed by atoms with Gasteiger partial charge >= 0.3 is 0 Å². The van der Waals surface area contributed by atoms with Crippen molar-refractivity contribution < 1.29 is 4.42 Å². The van der Waals surface area contributed by atoms with Crippen LogP contribution in [0.1, 0.15) is 50.5 Å². The molecule has 2 unspecified atom stereocenters. The smallest absolute Gasteiger partial charge is 0.208 e. The van der Waals surface area contributed by atoms with E-state index < -0.39 is 0 Å². The molecular formula is C14H24N2O. The molecule has 0 amide bonds. The van der Waals surface area contributed by atoms with Gasteiger partial charge in [-0.15, -0.1) is 0 Å². The Morgan fingerprint density at radius 2 is 1.88 bits per heavy atom. The van der Waals surface area contributed by atoms with Crippen LogP contribution in [0.3, 0.4) is 0 Å². The van der Waals surface area contributed by atoms with Crippen LogP contribution in [0.15, 0.2) is 4.42 Å². The number of nitrogens with zero attached hydrogens (tertiary/aromatic N) is 1. The van der Waals surface area contributed by atoms with Gasteiger partial charge in [-0.3, -0.25) is 0 Å². The fourth-order valence-electron chi connectivity index (χ4n) is 2.90. The van der Waals surface area contributed by atoms with Gasteiger partial charge in [-0.2, -0.15) is 0 Å². The van der Waals surface area contributed by atoms with E-state index in [-0.39, 0.29) is 0 Å². The predicted molar refractivity (Wildman–Crippen MR) is 68.8 cm³/mol. The summed E-state index contributed by atoms with van der Waals surface area (Å²) in [7, 11) is 0. The molecule has 1 aliphatic rings. The lowest BCUT2D eigenvalue weighted by atomic mass is 9.79. The summed E-state index contributed by atoms with van der Waals surface area (Å²) in [5, 5.41) is 3.62. The van der Waals surface area contributed by atoms with Crippen molar-refractivity contribution in [1.29, 1.82) is 0 Å². The van der Waals surface area contributed by atoms with Crippen LogP contribution in [0.25, 0.3) is 0 Å². The van der Waals surface area contributed by atoms with Crippen LogP contribution in [0.5, 0.6) is 0 Å². The highest BCUT2D eigenvalue weighted by Gasteiger charge is 2.27. The van der Waals surface area contributed by atoms with Crippen molar-refractivity contribution in [3.8, 4) is 0 Å². The van der Waals surface area contributed by atoms with Crippen molar-refractivity contribution >= 4 is 0 Å². The first-order valence-electron chi connectivity index (χ1n) is 6.74. The molecule has 1 heterocycles. The number of hydrogen-bond acceptors (Lipinski definition) is 3. The van der Waals surface area contributed by atoms with Crippen molar-refractivity contribution in [2.24, 2.45) is 11.8 Å². The summed E-state index contributed by atoms with van der Waals surface area (Å²) < 4.78 is 5.60. The predicted octanol–water partition coefficient (Wildman–Crippen LogP) is 3.21. The second-order valence-corrected chi connectivity index (χ2v) is 5.54. The highest BCUT2D eigenvalue weighted by atomic mass is 16.4. The van der Waals surface area contributed by atoms with Gasteiger partial charge in [-0.25, -0.2) is 4.98 Å². The molecule has 96 valence electrons. The number of oxazole rings is 1. The zero-order valence-corrected chi connectivity index (χ0v) is 11.4. The molecule has 0 aliphatic heterocycles. The molecule has 1 aromatic rings. The SMILES string of the molecule is Cc1nc(CNC2C(C)CCCC2C)oc1C. The van der Waals surface area contributed by atoms with E-state index in [0.29, 0.717) is 6.04 Å². The fourth-order valence-corrected chi connectivity index (χ4v) is 2.90. The normalized spacial score (nSPS) is 29.5. The Morgan fingerprint density at radius 3 is 2.41 bits per heavy atom. The summed E-state index contributed by atoms with van der Waals surface area (Å²) in [6.07, 6.45) is 4.05. The largest absolute Gasteiger partial charge is 0.444 e. The van der Waals surface area contributed by atoms with Gasteiger partial charge in [0, 0.05) is 6.04 Å². The van der Waals surface area contributed by atoms with Gasteiger partial charge in [0.15, 0.2) is 0 Å². The van der Waals surface area contributed by atoms with Crippen LogP contribution in [-0.4, -0.2) is 11.0 Å². The Morgan fingerprint density at radius 1 is 1.24 bits per heavy atom. The molecule has 2 atom stereocenters. The van der Waals surface area contributed by atoms with E-state index in [4.69, 9.17) is 4.42 Å². The summed E-state index contributed by atoms with van der Waals surface area (Å²) in [6, 6.07) is 0.608. The Kier molecular flexibility index (Phi) is 3.87. The molecule has 1 aliphatic carbocycles. The number of rotatable bonds is 3. The lowest BCUT2D eigenvalue weighted by Crippen LogP contribution is -2.42. The topological polar surface area (TPSA) is 38.1 Å². The molecule has 3 heteroatoms. The van der Waals surface area contributed by atoms with Crippen molar-refractivity contribution in [2.45, 2.75) is 59.5 Å². The molecule has 1 fully saturated rings. The summed E-state index contributed by atoms with van der Waals surface area (Å²) in [4.78, 5) is 4.42. The van der Waals surface area contributed by atoms with Crippen molar-refractivity contribution in [2.75, 3.05) is 0 Å². The second kappa shape index (κ2) is 5.21. The third-order valence-corrected chi connectivity index (χ3v) is 4.11. The first kappa shape index (κ1) is 12.6. The number of hydrogen-bond donors (Lipinski definition) is 1. The molecular weight excluding hydrogens is 212 g/mol. The van der Waals surface area contributed by atoms with Gasteiger partial charge < -0.3 is 9.73 Å². The zero-order valence-electron chi connectivity index (χ0n) is 11.4. The third kappa shape index (κ3) is 2.89. The molecule has 3 nitrogen and oxygen atoms in total. The standard InChI is InChI=1S/C14H24N2O/c1-9-6-5-7-10(2)14(9)15-8-13-16-11(3)12(4)17-13/h9-10,14-15H,5-8H2,1-4H3. The van der Waals surface area contributed by atoms with Crippen molar-refractivity contribution in [1.82, 2.24) is 10.3 Å². The molecule has 17 heavy (non-hydrogen) atoms. The number of nitrogens with one attached hydrogen (secondary N) is 1. The highest BCUT2D eigenvalue weighted by molar-refractivity contribution is 5.05.